The van der Waals surface area contributed by atoms with Gasteiger partial charge < -0.3 is 14.2 Å². The van der Waals surface area contributed by atoms with Gasteiger partial charge in [-0.3, -0.25) is 14.4 Å². The Morgan fingerprint density at radius 3 is 0.983 bits per heavy atom. The second-order valence-corrected chi connectivity index (χ2v) is 16.0. The van der Waals surface area contributed by atoms with Crippen molar-refractivity contribution in [2.45, 2.75) is 239 Å². The number of carbonyl (C=O) groups excluding carboxylic acids is 3. The summed E-state index contributed by atoms with van der Waals surface area (Å²) in [6, 6.07) is 0. The van der Waals surface area contributed by atoms with Crippen LogP contribution in [0.2, 0.25) is 0 Å². The zero-order valence-electron chi connectivity index (χ0n) is 38.0. The first-order valence-corrected chi connectivity index (χ1v) is 24.3. The summed E-state index contributed by atoms with van der Waals surface area (Å²) in [7, 11) is 0. The van der Waals surface area contributed by atoms with E-state index in [0.717, 1.165) is 70.6 Å². The van der Waals surface area contributed by atoms with Gasteiger partial charge in [0.1, 0.15) is 13.2 Å². The fraction of sp³-hybridized carbons (Fsp3) is 0.750. The summed E-state index contributed by atoms with van der Waals surface area (Å²) >= 11 is 0. The van der Waals surface area contributed by atoms with Crippen molar-refractivity contribution in [1.29, 1.82) is 0 Å². The van der Waals surface area contributed by atoms with E-state index in [1.807, 2.05) is 6.08 Å². The number of hydrogen-bond donors (Lipinski definition) is 0. The van der Waals surface area contributed by atoms with Gasteiger partial charge >= 0.3 is 17.9 Å². The van der Waals surface area contributed by atoms with Crippen molar-refractivity contribution in [2.24, 2.45) is 0 Å². The van der Waals surface area contributed by atoms with Crippen LogP contribution in [0.4, 0.5) is 0 Å². The minimum Gasteiger partial charge on any atom is -0.462 e. The van der Waals surface area contributed by atoms with Gasteiger partial charge in [-0.05, 0) is 44.9 Å². The van der Waals surface area contributed by atoms with Crippen LogP contribution >= 0.6 is 0 Å². The van der Waals surface area contributed by atoms with Crippen molar-refractivity contribution in [2.75, 3.05) is 13.2 Å². The Morgan fingerprint density at radius 2 is 0.655 bits per heavy atom. The van der Waals surface area contributed by atoms with Crippen molar-refractivity contribution >= 4 is 17.9 Å². The smallest absolute Gasteiger partial charge is 0.310 e. The first kappa shape index (κ1) is 55.1. The predicted octanol–water partition coefficient (Wildman–Crippen LogP) is 15.7. The molecule has 0 aromatic carbocycles. The molecule has 1 atom stereocenters. The number of hydrogen-bond acceptors (Lipinski definition) is 6. The monoisotopic (exact) mass is 811 g/mol. The number of esters is 3. The van der Waals surface area contributed by atoms with E-state index in [4.69, 9.17) is 14.2 Å². The number of ether oxygens (including phenoxy) is 3. The van der Waals surface area contributed by atoms with Gasteiger partial charge in [0, 0.05) is 12.8 Å². The third-order valence-electron chi connectivity index (χ3n) is 10.3. The number of allylic oxidation sites excluding steroid dienone is 9. The van der Waals surface area contributed by atoms with Gasteiger partial charge in [0.15, 0.2) is 6.10 Å². The van der Waals surface area contributed by atoms with E-state index in [-0.39, 0.29) is 31.6 Å². The van der Waals surface area contributed by atoms with Crippen LogP contribution in [0.15, 0.2) is 60.8 Å². The number of carbonyl (C=O) groups is 3. The van der Waals surface area contributed by atoms with Crippen molar-refractivity contribution in [3.63, 3.8) is 0 Å². The third-order valence-corrected chi connectivity index (χ3v) is 10.3. The highest BCUT2D eigenvalue weighted by atomic mass is 16.6. The molecule has 0 rings (SSSR count). The first-order valence-electron chi connectivity index (χ1n) is 24.3. The molecule has 0 aromatic heterocycles. The molecule has 0 bridgehead atoms. The quantitative estimate of drug-likeness (QED) is 0.0264. The Morgan fingerprint density at radius 1 is 0.362 bits per heavy atom. The molecule has 0 aromatic rings. The molecule has 0 N–H and O–H groups in total. The molecule has 334 valence electrons. The van der Waals surface area contributed by atoms with E-state index in [9.17, 15) is 14.4 Å². The Bertz CT molecular complexity index is 1070. The molecule has 0 aliphatic heterocycles. The molecule has 0 spiro atoms. The van der Waals surface area contributed by atoms with Crippen LogP contribution in [0.5, 0.6) is 0 Å². The predicted molar refractivity (Wildman–Crippen MR) is 247 cm³/mol. The lowest BCUT2D eigenvalue weighted by Gasteiger charge is -2.18. The average Bonchev–Trinajstić information content (AvgIpc) is 3.22. The van der Waals surface area contributed by atoms with Gasteiger partial charge in [-0.1, -0.05) is 229 Å². The molecule has 58 heavy (non-hydrogen) atoms. The topological polar surface area (TPSA) is 78.9 Å². The lowest BCUT2D eigenvalue weighted by molar-refractivity contribution is -0.166. The molecular weight excluding hydrogens is 721 g/mol. The summed E-state index contributed by atoms with van der Waals surface area (Å²) in [6.07, 6.45) is 56.6. The Kier molecular flexibility index (Phi) is 44.5. The summed E-state index contributed by atoms with van der Waals surface area (Å²) in [4.78, 5) is 37.7. The Labute approximate surface area is 358 Å². The molecule has 6 nitrogen and oxygen atoms in total. The second-order valence-electron chi connectivity index (χ2n) is 16.0. The first-order chi connectivity index (χ1) is 28.5. The second kappa shape index (κ2) is 46.8. The van der Waals surface area contributed by atoms with Crippen LogP contribution < -0.4 is 0 Å². The fourth-order valence-corrected chi connectivity index (χ4v) is 6.69. The van der Waals surface area contributed by atoms with E-state index >= 15 is 0 Å². The average molecular weight is 811 g/mol. The van der Waals surface area contributed by atoms with Crippen LogP contribution in [0.3, 0.4) is 0 Å². The third kappa shape index (κ3) is 44.2. The van der Waals surface area contributed by atoms with Gasteiger partial charge in [0.2, 0.25) is 0 Å². The normalized spacial score (nSPS) is 12.5. The highest BCUT2D eigenvalue weighted by molar-refractivity contribution is 5.72. The zero-order chi connectivity index (χ0) is 42.3. The van der Waals surface area contributed by atoms with Gasteiger partial charge in [-0.25, -0.2) is 0 Å². The van der Waals surface area contributed by atoms with E-state index < -0.39 is 12.1 Å². The maximum atomic E-state index is 12.7. The summed E-state index contributed by atoms with van der Waals surface area (Å²) in [6.45, 7) is 6.42. The molecular formula is C52H90O6. The molecule has 0 amide bonds. The minimum absolute atomic E-state index is 0.101. The summed E-state index contributed by atoms with van der Waals surface area (Å²) in [5.74, 6) is -1.04. The van der Waals surface area contributed by atoms with Gasteiger partial charge in [-0.2, -0.15) is 0 Å². The SMILES string of the molecule is CC/C=C\C/C=C\C/C=C\C/C=C\C/C=C\CC(=O)OC(COC(=O)CCCCCCCCCCC)COC(=O)CCCCCCCCCCCCCCCCCC. The fourth-order valence-electron chi connectivity index (χ4n) is 6.69. The van der Waals surface area contributed by atoms with E-state index in [0.29, 0.717) is 12.8 Å². The largest absolute Gasteiger partial charge is 0.462 e. The van der Waals surface area contributed by atoms with Gasteiger partial charge in [-0.15, -0.1) is 0 Å². The molecule has 0 saturated heterocycles. The highest BCUT2D eigenvalue weighted by Gasteiger charge is 2.19. The van der Waals surface area contributed by atoms with E-state index in [2.05, 4.69) is 69.4 Å². The Balaban J connectivity index is 4.44. The summed E-state index contributed by atoms with van der Waals surface area (Å²) < 4.78 is 16.6. The molecule has 0 radical (unpaired) electrons. The molecule has 0 heterocycles. The molecule has 6 heteroatoms. The zero-order valence-corrected chi connectivity index (χ0v) is 38.0. The number of rotatable bonds is 43. The maximum absolute atomic E-state index is 12.7. The van der Waals surface area contributed by atoms with Gasteiger partial charge in [0.05, 0.1) is 6.42 Å². The lowest BCUT2D eigenvalue weighted by Crippen LogP contribution is -2.30. The van der Waals surface area contributed by atoms with Crippen LogP contribution in [0.1, 0.15) is 233 Å². The van der Waals surface area contributed by atoms with Crippen molar-refractivity contribution in [1.82, 2.24) is 0 Å². The summed E-state index contributed by atoms with van der Waals surface area (Å²) in [5.41, 5.74) is 0. The van der Waals surface area contributed by atoms with Crippen LogP contribution in [-0.2, 0) is 28.6 Å². The standard InChI is InChI=1S/C52H90O6/c1-4-7-10-13-16-19-21-23-25-27-28-30-33-36-39-42-45-51(54)57-48-49(47-56-50(53)44-41-38-35-32-18-15-12-9-6-3)58-52(55)46-43-40-37-34-31-29-26-24-22-20-17-14-11-8-5-2/h8,11,17,20,24,26,31,34,40,43,49H,4-7,9-10,12-16,18-19,21-23,25,27-30,32-33,35-39,41-42,44-48H2,1-3H3/b11-8-,20-17-,26-24-,34-31-,43-40-. The van der Waals surface area contributed by atoms with E-state index in [1.165, 1.54) is 122 Å². The highest BCUT2D eigenvalue weighted by Crippen LogP contribution is 2.15. The molecule has 0 aliphatic rings. The van der Waals surface area contributed by atoms with Crippen LogP contribution in [0, 0.1) is 0 Å². The molecule has 0 saturated carbocycles. The molecule has 0 aliphatic carbocycles. The maximum Gasteiger partial charge on any atom is 0.310 e. The van der Waals surface area contributed by atoms with Crippen LogP contribution in [0.25, 0.3) is 0 Å². The lowest BCUT2D eigenvalue weighted by atomic mass is 10.0. The van der Waals surface area contributed by atoms with Crippen LogP contribution in [-0.4, -0.2) is 37.2 Å². The number of unbranched alkanes of at least 4 members (excludes halogenated alkanes) is 23. The summed E-state index contributed by atoms with van der Waals surface area (Å²) in [5, 5.41) is 0. The van der Waals surface area contributed by atoms with Crippen molar-refractivity contribution in [3.8, 4) is 0 Å². The minimum atomic E-state index is -0.822. The molecule has 1 unspecified atom stereocenters. The van der Waals surface area contributed by atoms with E-state index in [1.54, 1.807) is 6.08 Å². The van der Waals surface area contributed by atoms with Crippen molar-refractivity contribution in [3.05, 3.63) is 60.8 Å². The Hall–Kier alpha value is -2.89. The van der Waals surface area contributed by atoms with Gasteiger partial charge in [0.25, 0.3) is 0 Å². The van der Waals surface area contributed by atoms with Crippen molar-refractivity contribution < 1.29 is 28.6 Å². The molecule has 0 fully saturated rings.